The summed E-state index contributed by atoms with van der Waals surface area (Å²) in [5.41, 5.74) is 5.81. The lowest BCUT2D eigenvalue weighted by Gasteiger charge is -2.14. The number of esters is 1. The number of benzene rings is 4. The molecule has 1 heterocycles. The maximum Gasteiger partial charge on any atom is 0.343 e. The second-order valence-corrected chi connectivity index (χ2v) is 10.8. The summed E-state index contributed by atoms with van der Waals surface area (Å²) in [7, 11) is 5.82. The molecule has 2 N–H and O–H groups in total. The molecule has 10 nitrogen and oxygen atoms in total. The molecule has 0 fully saturated rings. The number of halogens is 2. The quantitative estimate of drug-likeness (QED) is 0.0684. The number of nitrogens with zero attached hydrogens (tertiary/aromatic N) is 1. The average molecular weight is 693 g/mol. The predicted molar refractivity (Wildman–Crippen MR) is 176 cm³/mol. The normalized spacial score (nSPS) is 11.0. The maximum absolute atomic E-state index is 13.3. The van der Waals surface area contributed by atoms with Crippen LogP contribution in [0.2, 0.25) is 5.02 Å². The van der Waals surface area contributed by atoms with Crippen LogP contribution < -0.4 is 29.1 Å². The Balaban J connectivity index is 1.36. The summed E-state index contributed by atoms with van der Waals surface area (Å²) in [6.07, 6.45) is 1.44. The van der Waals surface area contributed by atoms with Gasteiger partial charge in [0.25, 0.3) is 5.91 Å². The summed E-state index contributed by atoms with van der Waals surface area (Å²) in [4.78, 5) is 29.5. The molecule has 0 aliphatic rings. The van der Waals surface area contributed by atoms with Gasteiger partial charge < -0.3 is 28.7 Å². The third-order valence-corrected chi connectivity index (χ3v) is 7.54. The SMILES string of the molecule is COc1cc(C=NNC(=O)c2[nH]c3c(Cl)cc(Br)cc3c2-c2ccccc2)ccc1OC(=O)c1cc(OC)c(OC)c(OC)c1. The molecule has 0 saturated heterocycles. The number of methoxy groups -OCH3 is 4. The van der Waals surface area contributed by atoms with Crippen LogP contribution in [0, 0.1) is 0 Å². The minimum Gasteiger partial charge on any atom is -0.493 e. The molecule has 0 spiro atoms. The molecular formula is C33H27BrClN3O7. The Morgan fingerprint density at radius 2 is 1.53 bits per heavy atom. The molecule has 5 rings (SSSR count). The van der Waals surface area contributed by atoms with Crippen LogP contribution in [0.15, 0.2) is 82.4 Å². The molecule has 4 aromatic carbocycles. The van der Waals surface area contributed by atoms with Crippen molar-refractivity contribution >= 4 is 56.5 Å². The Morgan fingerprint density at radius 3 is 2.18 bits per heavy atom. The standard InChI is InChI=1S/C33H27BrClN3O7/c1-41-25-12-18(10-11-24(25)45-33(40)20-13-26(42-2)31(44-4)27(14-20)43-3)17-36-38-32(39)30-28(19-8-6-5-7-9-19)22-15-21(34)16-23(35)29(22)37-30/h5-17,37H,1-4H3,(H,38,39). The van der Waals surface area contributed by atoms with Crippen LogP contribution in [-0.2, 0) is 0 Å². The number of hydrogen-bond acceptors (Lipinski definition) is 8. The van der Waals surface area contributed by atoms with E-state index in [2.05, 4.69) is 31.4 Å². The highest BCUT2D eigenvalue weighted by molar-refractivity contribution is 9.10. The van der Waals surface area contributed by atoms with Gasteiger partial charge in [-0.2, -0.15) is 5.10 Å². The fourth-order valence-electron chi connectivity index (χ4n) is 4.72. The van der Waals surface area contributed by atoms with Gasteiger partial charge in [-0.25, -0.2) is 10.2 Å². The van der Waals surface area contributed by atoms with Crippen molar-refractivity contribution < 1.29 is 33.3 Å². The lowest BCUT2D eigenvalue weighted by molar-refractivity contribution is 0.0728. The number of carbonyl (C=O) groups is 2. The lowest BCUT2D eigenvalue weighted by Crippen LogP contribution is -2.18. The number of carbonyl (C=O) groups excluding carboxylic acids is 2. The van der Waals surface area contributed by atoms with Crippen molar-refractivity contribution in [3.63, 3.8) is 0 Å². The van der Waals surface area contributed by atoms with E-state index in [9.17, 15) is 9.59 Å². The van der Waals surface area contributed by atoms with E-state index in [4.69, 9.17) is 35.3 Å². The van der Waals surface area contributed by atoms with Crippen LogP contribution in [0.3, 0.4) is 0 Å². The first-order valence-corrected chi connectivity index (χ1v) is 14.5. The first kappa shape index (κ1) is 31.4. The van der Waals surface area contributed by atoms with Gasteiger partial charge in [-0.05, 0) is 53.6 Å². The van der Waals surface area contributed by atoms with Crippen molar-refractivity contribution in [3.05, 3.63) is 99.1 Å². The Kier molecular flexibility index (Phi) is 9.60. The first-order valence-electron chi connectivity index (χ1n) is 13.4. The molecule has 45 heavy (non-hydrogen) atoms. The highest BCUT2D eigenvalue weighted by Gasteiger charge is 2.22. The summed E-state index contributed by atoms with van der Waals surface area (Å²) in [6.45, 7) is 0. The second-order valence-electron chi connectivity index (χ2n) is 9.46. The predicted octanol–water partition coefficient (Wildman–Crippen LogP) is 7.27. The highest BCUT2D eigenvalue weighted by Crippen LogP contribution is 2.39. The van der Waals surface area contributed by atoms with E-state index in [0.717, 1.165) is 15.4 Å². The summed E-state index contributed by atoms with van der Waals surface area (Å²) in [5.74, 6) is 0.284. The van der Waals surface area contributed by atoms with Crippen molar-refractivity contribution in [3.8, 4) is 39.9 Å². The van der Waals surface area contributed by atoms with Gasteiger partial charge >= 0.3 is 5.97 Å². The summed E-state index contributed by atoms with van der Waals surface area (Å²) < 4.78 is 27.8. The summed E-state index contributed by atoms with van der Waals surface area (Å²) >= 11 is 9.98. The number of hydrogen-bond donors (Lipinski definition) is 2. The first-order chi connectivity index (χ1) is 21.8. The average Bonchev–Trinajstić information content (AvgIpc) is 3.44. The largest absolute Gasteiger partial charge is 0.493 e. The van der Waals surface area contributed by atoms with E-state index >= 15 is 0 Å². The van der Waals surface area contributed by atoms with Crippen LogP contribution in [0.5, 0.6) is 28.7 Å². The molecule has 0 bridgehead atoms. The number of hydrazone groups is 1. The van der Waals surface area contributed by atoms with Gasteiger partial charge in [-0.1, -0.05) is 57.9 Å². The topological polar surface area (TPSA) is 120 Å². The number of aromatic nitrogens is 1. The van der Waals surface area contributed by atoms with E-state index in [1.54, 1.807) is 24.3 Å². The van der Waals surface area contributed by atoms with E-state index in [0.29, 0.717) is 44.6 Å². The number of nitrogens with one attached hydrogen (secondary N) is 2. The van der Waals surface area contributed by atoms with Crippen LogP contribution in [-0.4, -0.2) is 51.5 Å². The molecule has 1 aromatic heterocycles. The van der Waals surface area contributed by atoms with Crippen LogP contribution in [0.25, 0.3) is 22.0 Å². The molecule has 1 amide bonds. The van der Waals surface area contributed by atoms with Crippen LogP contribution >= 0.6 is 27.5 Å². The number of aromatic amines is 1. The van der Waals surface area contributed by atoms with E-state index in [-0.39, 0.29) is 17.1 Å². The number of amides is 1. The molecule has 0 saturated carbocycles. The Hall–Kier alpha value is -5.00. The summed E-state index contributed by atoms with van der Waals surface area (Å²) in [6, 6.07) is 21.0. The number of fused-ring (bicyclic) bond motifs is 1. The van der Waals surface area contributed by atoms with Crippen molar-refractivity contribution in [2.75, 3.05) is 28.4 Å². The zero-order chi connectivity index (χ0) is 32.1. The minimum absolute atomic E-state index is 0.172. The Morgan fingerprint density at radius 1 is 0.844 bits per heavy atom. The van der Waals surface area contributed by atoms with Gasteiger partial charge in [0.1, 0.15) is 5.69 Å². The molecule has 5 aromatic rings. The molecule has 0 aliphatic heterocycles. The molecular weight excluding hydrogens is 666 g/mol. The van der Waals surface area contributed by atoms with Gasteiger partial charge in [-0.15, -0.1) is 0 Å². The van der Waals surface area contributed by atoms with Crippen LogP contribution in [0.4, 0.5) is 0 Å². The number of ether oxygens (including phenoxy) is 5. The monoisotopic (exact) mass is 691 g/mol. The lowest BCUT2D eigenvalue weighted by atomic mass is 10.0. The van der Waals surface area contributed by atoms with Gasteiger partial charge in [-0.3, -0.25) is 4.79 Å². The zero-order valence-electron chi connectivity index (χ0n) is 24.6. The number of rotatable bonds is 10. The summed E-state index contributed by atoms with van der Waals surface area (Å²) in [5, 5.41) is 5.40. The molecule has 0 aliphatic carbocycles. The molecule has 230 valence electrons. The van der Waals surface area contributed by atoms with Crippen molar-refractivity contribution in [1.29, 1.82) is 0 Å². The van der Waals surface area contributed by atoms with E-state index in [1.807, 2.05) is 36.4 Å². The maximum atomic E-state index is 13.3. The molecule has 0 radical (unpaired) electrons. The third kappa shape index (κ3) is 6.59. The fourth-order valence-corrected chi connectivity index (χ4v) is 5.58. The highest BCUT2D eigenvalue weighted by atomic mass is 79.9. The van der Waals surface area contributed by atoms with Crippen LogP contribution in [0.1, 0.15) is 26.4 Å². The molecule has 12 heteroatoms. The zero-order valence-corrected chi connectivity index (χ0v) is 26.9. The van der Waals surface area contributed by atoms with E-state index in [1.165, 1.54) is 46.8 Å². The Bertz CT molecular complexity index is 1900. The smallest absolute Gasteiger partial charge is 0.343 e. The van der Waals surface area contributed by atoms with Gasteiger partial charge in [0.2, 0.25) is 5.75 Å². The number of H-pyrrole nitrogens is 1. The molecule has 0 unspecified atom stereocenters. The van der Waals surface area contributed by atoms with Crippen molar-refractivity contribution in [2.24, 2.45) is 5.10 Å². The van der Waals surface area contributed by atoms with Gasteiger partial charge in [0.15, 0.2) is 23.0 Å². The van der Waals surface area contributed by atoms with Crippen molar-refractivity contribution in [2.45, 2.75) is 0 Å². The third-order valence-electron chi connectivity index (χ3n) is 6.78. The van der Waals surface area contributed by atoms with Gasteiger partial charge in [0.05, 0.1) is 50.8 Å². The second kappa shape index (κ2) is 13.7. The van der Waals surface area contributed by atoms with Gasteiger partial charge in [0, 0.05) is 15.4 Å². The van der Waals surface area contributed by atoms with E-state index < -0.39 is 11.9 Å². The Labute approximate surface area is 272 Å². The molecule has 0 atom stereocenters. The minimum atomic E-state index is -0.666. The fraction of sp³-hybridized carbons (Fsp3) is 0.121. The van der Waals surface area contributed by atoms with Crippen molar-refractivity contribution in [1.82, 2.24) is 10.4 Å².